The molecule has 0 aliphatic carbocycles. The van der Waals surface area contributed by atoms with E-state index in [9.17, 15) is 27.9 Å². The highest BCUT2D eigenvalue weighted by molar-refractivity contribution is 6.39. The van der Waals surface area contributed by atoms with E-state index < -0.39 is 17.3 Å². The predicted octanol–water partition coefficient (Wildman–Crippen LogP) is 1.88. The fourth-order valence-electron chi connectivity index (χ4n) is 5.09. The number of alkyl halides is 3. The summed E-state index contributed by atoms with van der Waals surface area (Å²) in [6, 6.07) is 5.32. The number of likely N-dealkylation sites (tertiary alicyclic amines) is 1. The number of hydrogen-bond donors (Lipinski definition) is 2. The summed E-state index contributed by atoms with van der Waals surface area (Å²) in [6.07, 6.45) is -2.94. The van der Waals surface area contributed by atoms with Gasteiger partial charge in [0.05, 0.1) is 17.2 Å². The lowest BCUT2D eigenvalue weighted by Gasteiger charge is -2.43. The summed E-state index contributed by atoms with van der Waals surface area (Å²) < 4.78 is 40.0. The molecule has 176 valence electrons. The summed E-state index contributed by atoms with van der Waals surface area (Å²) in [5, 5.41) is 22.9. The number of amides is 2. The van der Waals surface area contributed by atoms with Crippen molar-refractivity contribution in [3.8, 4) is 6.07 Å². The monoisotopic (exact) mass is 463 g/mol. The van der Waals surface area contributed by atoms with Gasteiger partial charge in [-0.15, -0.1) is 0 Å². The lowest BCUT2D eigenvalue weighted by molar-refractivity contribution is -0.137. The minimum Gasteiger partial charge on any atom is -0.396 e. The van der Waals surface area contributed by atoms with Crippen LogP contribution in [0.4, 0.5) is 18.9 Å². The molecule has 2 N–H and O–H groups in total. The molecule has 3 heterocycles. The van der Waals surface area contributed by atoms with E-state index in [2.05, 4.69) is 10.5 Å². The quantitative estimate of drug-likeness (QED) is 0.712. The van der Waals surface area contributed by atoms with Gasteiger partial charge in [0.25, 0.3) is 5.91 Å². The van der Waals surface area contributed by atoms with Gasteiger partial charge >= 0.3 is 6.18 Å². The number of piperidine rings is 1. The van der Waals surface area contributed by atoms with Gasteiger partial charge in [-0.2, -0.15) is 23.5 Å². The Bertz CT molecular complexity index is 1030. The highest BCUT2D eigenvalue weighted by Gasteiger charge is 2.49. The molecule has 33 heavy (non-hydrogen) atoms. The van der Waals surface area contributed by atoms with Crippen molar-refractivity contribution < 1.29 is 27.9 Å². The SMILES string of the molecule is N#Cc1ccc(N2CCC3(CC2)CN(C(=O)C2=NNC(=O)CC2)CC3CO)cc1C(F)(F)F. The molecule has 1 spiro atoms. The van der Waals surface area contributed by atoms with Crippen LogP contribution in [0.1, 0.15) is 36.8 Å². The van der Waals surface area contributed by atoms with E-state index in [1.165, 1.54) is 12.1 Å². The average Bonchev–Trinajstić information content (AvgIpc) is 3.16. The first-order chi connectivity index (χ1) is 15.7. The van der Waals surface area contributed by atoms with Crippen LogP contribution in [0.25, 0.3) is 0 Å². The molecule has 2 fully saturated rings. The van der Waals surface area contributed by atoms with E-state index in [1.54, 1.807) is 11.0 Å². The summed E-state index contributed by atoms with van der Waals surface area (Å²) in [5.74, 6) is -0.634. The van der Waals surface area contributed by atoms with Crippen LogP contribution in [0, 0.1) is 22.7 Å². The third-order valence-electron chi connectivity index (χ3n) is 7.02. The number of nitriles is 1. The zero-order valence-electron chi connectivity index (χ0n) is 17.9. The van der Waals surface area contributed by atoms with E-state index in [4.69, 9.17) is 5.26 Å². The molecule has 1 aromatic rings. The Morgan fingerprint density at radius 3 is 2.61 bits per heavy atom. The Kier molecular flexibility index (Phi) is 6.05. The second kappa shape index (κ2) is 8.67. The molecule has 0 bridgehead atoms. The number of carbonyl (C=O) groups is 2. The van der Waals surface area contributed by atoms with E-state index in [-0.39, 0.29) is 48.3 Å². The van der Waals surface area contributed by atoms with Crippen molar-refractivity contribution in [1.29, 1.82) is 5.26 Å². The molecule has 0 aromatic heterocycles. The van der Waals surface area contributed by atoms with Gasteiger partial charge in [0, 0.05) is 57.2 Å². The number of rotatable bonds is 3. The third kappa shape index (κ3) is 4.39. The number of aliphatic hydroxyl groups is 1. The van der Waals surface area contributed by atoms with Crippen molar-refractivity contribution in [1.82, 2.24) is 10.3 Å². The number of halogens is 3. The zero-order valence-corrected chi connectivity index (χ0v) is 17.9. The second-order valence-corrected chi connectivity index (χ2v) is 8.85. The Hall–Kier alpha value is -3.13. The molecule has 0 saturated carbocycles. The summed E-state index contributed by atoms with van der Waals surface area (Å²) in [7, 11) is 0. The maximum atomic E-state index is 13.3. The third-order valence-corrected chi connectivity index (χ3v) is 7.02. The first kappa shape index (κ1) is 23.0. The van der Waals surface area contributed by atoms with Crippen LogP contribution in [0.3, 0.4) is 0 Å². The van der Waals surface area contributed by atoms with Crippen molar-refractivity contribution in [2.45, 2.75) is 31.9 Å². The van der Waals surface area contributed by atoms with Crippen molar-refractivity contribution >= 4 is 23.2 Å². The fourth-order valence-corrected chi connectivity index (χ4v) is 5.09. The van der Waals surface area contributed by atoms with Crippen molar-refractivity contribution in [2.24, 2.45) is 16.4 Å². The van der Waals surface area contributed by atoms with Gasteiger partial charge in [-0.05, 0) is 36.5 Å². The number of nitrogens with one attached hydrogen (secondary N) is 1. The Balaban J connectivity index is 1.47. The van der Waals surface area contributed by atoms with Crippen molar-refractivity contribution in [3.63, 3.8) is 0 Å². The summed E-state index contributed by atoms with van der Waals surface area (Å²) in [6.45, 7) is 1.65. The zero-order chi connectivity index (χ0) is 23.8. The van der Waals surface area contributed by atoms with Crippen molar-refractivity contribution in [2.75, 3.05) is 37.7 Å². The number of carbonyl (C=O) groups excluding carboxylic acids is 2. The standard InChI is InChI=1S/C22H24F3N5O3/c23-22(24,25)17-9-16(2-1-14(17)10-26)29-7-5-21(6-8-29)13-30(11-15(21)12-31)20(33)18-3-4-19(32)28-27-18/h1-2,9,15,31H,3-8,11-13H2,(H,28,32). The van der Waals surface area contributed by atoms with Crippen LogP contribution < -0.4 is 10.3 Å². The molecule has 8 nitrogen and oxygen atoms in total. The minimum absolute atomic E-state index is 0.0952. The number of benzene rings is 1. The summed E-state index contributed by atoms with van der Waals surface area (Å²) >= 11 is 0. The van der Waals surface area contributed by atoms with Crippen LogP contribution in [-0.2, 0) is 15.8 Å². The van der Waals surface area contributed by atoms with Crippen molar-refractivity contribution in [3.05, 3.63) is 29.3 Å². The first-order valence-electron chi connectivity index (χ1n) is 10.8. The maximum Gasteiger partial charge on any atom is 0.417 e. The lowest BCUT2D eigenvalue weighted by atomic mass is 9.71. The molecule has 3 aliphatic rings. The van der Waals surface area contributed by atoms with Crippen LogP contribution in [0.5, 0.6) is 0 Å². The van der Waals surface area contributed by atoms with Gasteiger partial charge in [0.1, 0.15) is 5.71 Å². The lowest BCUT2D eigenvalue weighted by Crippen LogP contribution is -2.46. The molecular weight excluding hydrogens is 439 g/mol. The largest absolute Gasteiger partial charge is 0.417 e. The van der Waals surface area contributed by atoms with E-state index >= 15 is 0 Å². The van der Waals surface area contributed by atoms with Gasteiger partial charge in [-0.25, -0.2) is 5.43 Å². The van der Waals surface area contributed by atoms with Crippen LogP contribution in [-0.4, -0.2) is 60.3 Å². The minimum atomic E-state index is -4.62. The second-order valence-electron chi connectivity index (χ2n) is 8.85. The molecular formula is C22H24F3N5O3. The van der Waals surface area contributed by atoms with Crippen LogP contribution in [0.2, 0.25) is 0 Å². The smallest absolute Gasteiger partial charge is 0.396 e. The molecule has 2 amide bonds. The molecule has 11 heteroatoms. The molecule has 1 aromatic carbocycles. The Labute approximate surface area is 188 Å². The molecule has 4 rings (SSSR count). The normalized spacial score (nSPS) is 22.7. The van der Waals surface area contributed by atoms with Gasteiger partial charge in [0.2, 0.25) is 5.91 Å². The van der Waals surface area contributed by atoms with E-state index in [0.717, 1.165) is 6.07 Å². The molecule has 1 unspecified atom stereocenters. The van der Waals surface area contributed by atoms with Gasteiger partial charge < -0.3 is 14.9 Å². The molecule has 1 atom stereocenters. The highest BCUT2D eigenvalue weighted by Crippen LogP contribution is 2.46. The van der Waals surface area contributed by atoms with Gasteiger partial charge in [0.15, 0.2) is 0 Å². The topological polar surface area (TPSA) is 109 Å². The number of hydrazone groups is 1. The summed E-state index contributed by atoms with van der Waals surface area (Å²) in [4.78, 5) is 27.7. The molecule has 3 aliphatic heterocycles. The van der Waals surface area contributed by atoms with Gasteiger partial charge in [-0.1, -0.05) is 0 Å². The van der Waals surface area contributed by atoms with Gasteiger partial charge in [-0.3, -0.25) is 9.59 Å². The van der Waals surface area contributed by atoms with Crippen LogP contribution >= 0.6 is 0 Å². The summed E-state index contributed by atoms with van der Waals surface area (Å²) in [5.41, 5.74) is 1.32. The Morgan fingerprint density at radius 2 is 2.03 bits per heavy atom. The average molecular weight is 463 g/mol. The Morgan fingerprint density at radius 1 is 1.30 bits per heavy atom. The number of anilines is 1. The maximum absolute atomic E-state index is 13.3. The van der Waals surface area contributed by atoms with E-state index in [0.29, 0.717) is 44.7 Å². The molecule has 2 saturated heterocycles. The van der Waals surface area contributed by atoms with Crippen LogP contribution in [0.15, 0.2) is 23.3 Å². The predicted molar refractivity (Wildman–Crippen MR) is 112 cm³/mol. The first-order valence-corrected chi connectivity index (χ1v) is 10.8. The number of hydrogen-bond acceptors (Lipinski definition) is 6. The fraction of sp³-hybridized carbons (Fsp3) is 0.545. The van der Waals surface area contributed by atoms with E-state index in [1.807, 2.05) is 4.90 Å². The number of aliphatic hydroxyl groups excluding tert-OH is 1. The highest BCUT2D eigenvalue weighted by atomic mass is 19.4. The number of nitrogens with zero attached hydrogens (tertiary/aromatic N) is 4. The molecule has 0 radical (unpaired) electrons.